The molecular formula is C9H20N2O2. The number of hydrogen-bond acceptors (Lipinski definition) is 2. The lowest BCUT2D eigenvalue weighted by Crippen LogP contribution is -2.35. The van der Waals surface area contributed by atoms with Crippen LogP contribution >= 0.6 is 0 Å². The van der Waals surface area contributed by atoms with Gasteiger partial charge in [0.1, 0.15) is 0 Å². The maximum atomic E-state index is 10.3. The molecule has 0 aromatic heterocycles. The summed E-state index contributed by atoms with van der Waals surface area (Å²) in [5.41, 5.74) is 4.86. The number of nitrogens with two attached hydrogens (primary N) is 1. The van der Waals surface area contributed by atoms with E-state index in [1.807, 2.05) is 0 Å². The molecule has 0 saturated carbocycles. The highest BCUT2D eigenvalue weighted by Gasteiger charge is 2.03. The minimum atomic E-state index is -0.576. The Bertz CT molecular complexity index is 140. The quantitative estimate of drug-likeness (QED) is 0.521. The van der Waals surface area contributed by atoms with Crippen LogP contribution in [0.15, 0.2) is 0 Å². The Kier molecular flexibility index (Phi) is 7.39. The standard InChI is InChI=1S/C9H20N2O2/c1-2-3-4-5-6-8(12)7-11-9(10)13/h8,12H,2-7H2,1H3,(H3,10,11,13). The molecule has 0 aliphatic rings. The normalized spacial score (nSPS) is 12.5. The van der Waals surface area contributed by atoms with Gasteiger partial charge in [-0.1, -0.05) is 32.6 Å². The van der Waals surface area contributed by atoms with Crippen molar-refractivity contribution in [1.29, 1.82) is 0 Å². The summed E-state index contributed by atoms with van der Waals surface area (Å²) in [5.74, 6) is 0. The summed E-state index contributed by atoms with van der Waals surface area (Å²) in [6, 6.07) is -0.576. The molecule has 4 heteroatoms. The number of urea groups is 1. The number of rotatable bonds is 7. The number of carbonyl (C=O) groups excluding carboxylic acids is 1. The lowest BCUT2D eigenvalue weighted by molar-refractivity contribution is 0.158. The number of carbonyl (C=O) groups is 1. The van der Waals surface area contributed by atoms with E-state index in [-0.39, 0.29) is 6.54 Å². The zero-order valence-corrected chi connectivity index (χ0v) is 8.25. The zero-order valence-electron chi connectivity index (χ0n) is 8.25. The summed E-state index contributed by atoms with van der Waals surface area (Å²) in [4.78, 5) is 10.3. The Morgan fingerprint density at radius 3 is 2.69 bits per heavy atom. The molecule has 0 saturated heterocycles. The largest absolute Gasteiger partial charge is 0.391 e. The minimum Gasteiger partial charge on any atom is -0.391 e. The number of hydrogen-bond donors (Lipinski definition) is 3. The summed E-state index contributed by atoms with van der Waals surface area (Å²) in [6.45, 7) is 2.41. The monoisotopic (exact) mass is 188 g/mol. The Morgan fingerprint density at radius 2 is 2.15 bits per heavy atom. The van der Waals surface area contributed by atoms with Crippen LogP contribution in [0.5, 0.6) is 0 Å². The Labute approximate surface area is 79.5 Å². The van der Waals surface area contributed by atoms with Crippen LogP contribution in [0, 0.1) is 0 Å². The van der Waals surface area contributed by atoms with Gasteiger partial charge in [-0.15, -0.1) is 0 Å². The predicted octanol–water partition coefficient (Wildman–Crippen LogP) is 0.986. The van der Waals surface area contributed by atoms with Gasteiger partial charge in [-0.05, 0) is 6.42 Å². The van der Waals surface area contributed by atoms with E-state index in [2.05, 4.69) is 12.2 Å². The highest BCUT2D eigenvalue weighted by atomic mass is 16.3. The Hall–Kier alpha value is -0.770. The molecule has 78 valence electrons. The topological polar surface area (TPSA) is 75.3 Å². The van der Waals surface area contributed by atoms with Crippen LogP contribution in [0.2, 0.25) is 0 Å². The van der Waals surface area contributed by atoms with E-state index in [1.54, 1.807) is 0 Å². The first-order chi connectivity index (χ1) is 6.16. The summed E-state index contributed by atoms with van der Waals surface area (Å²) in [7, 11) is 0. The molecule has 1 atom stereocenters. The van der Waals surface area contributed by atoms with Gasteiger partial charge >= 0.3 is 6.03 Å². The Morgan fingerprint density at radius 1 is 1.46 bits per heavy atom. The number of aliphatic hydroxyl groups is 1. The average molecular weight is 188 g/mol. The van der Waals surface area contributed by atoms with Gasteiger partial charge in [-0.2, -0.15) is 0 Å². The van der Waals surface area contributed by atoms with Crippen molar-refractivity contribution in [2.24, 2.45) is 5.73 Å². The molecule has 13 heavy (non-hydrogen) atoms. The van der Waals surface area contributed by atoms with Crippen molar-refractivity contribution in [3.05, 3.63) is 0 Å². The smallest absolute Gasteiger partial charge is 0.312 e. The van der Waals surface area contributed by atoms with E-state index >= 15 is 0 Å². The highest BCUT2D eigenvalue weighted by molar-refractivity contribution is 5.71. The predicted molar refractivity (Wildman–Crippen MR) is 52.4 cm³/mol. The van der Waals surface area contributed by atoms with Crippen molar-refractivity contribution in [2.45, 2.75) is 45.1 Å². The SMILES string of the molecule is CCCCCCC(O)CNC(N)=O. The number of aliphatic hydroxyl groups excluding tert-OH is 1. The fourth-order valence-electron chi connectivity index (χ4n) is 1.13. The molecule has 0 fully saturated rings. The first-order valence-electron chi connectivity index (χ1n) is 4.88. The van der Waals surface area contributed by atoms with E-state index in [9.17, 15) is 9.90 Å². The third-order valence-electron chi connectivity index (χ3n) is 1.90. The van der Waals surface area contributed by atoms with Crippen LogP contribution in [-0.4, -0.2) is 23.8 Å². The summed E-state index contributed by atoms with van der Waals surface area (Å²) in [6.07, 6.45) is 4.83. The molecular weight excluding hydrogens is 168 g/mol. The van der Waals surface area contributed by atoms with Gasteiger partial charge in [0.05, 0.1) is 6.10 Å². The lowest BCUT2D eigenvalue weighted by Gasteiger charge is -2.09. The van der Waals surface area contributed by atoms with Crippen LogP contribution in [-0.2, 0) is 0 Å². The van der Waals surface area contributed by atoms with Gasteiger partial charge < -0.3 is 16.2 Å². The summed E-state index contributed by atoms with van der Waals surface area (Å²) in [5, 5.41) is 11.7. The van der Waals surface area contributed by atoms with E-state index < -0.39 is 12.1 Å². The molecule has 0 heterocycles. The first kappa shape index (κ1) is 12.2. The van der Waals surface area contributed by atoms with E-state index in [4.69, 9.17) is 5.73 Å². The van der Waals surface area contributed by atoms with Gasteiger partial charge in [-0.3, -0.25) is 0 Å². The summed E-state index contributed by atoms with van der Waals surface area (Å²) < 4.78 is 0. The first-order valence-corrected chi connectivity index (χ1v) is 4.88. The zero-order chi connectivity index (χ0) is 10.1. The van der Waals surface area contributed by atoms with Gasteiger partial charge in [-0.25, -0.2) is 4.79 Å². The molecule has 0 spiro atoms. The molecule has 0 bridgehead atoms. The van der Waals surface area contributed by atoms with Crippen LogP contribution in [0.3, 0.4) is 0 Å². The van der Waals surface area contributed by atoms with Gasteiger partial charge in [0, 0.05) is 6.54 Å². The number of nitrogens with one attached hydrogen (secondary N) is 1. The molecule has 0 rings (SSSR count). The second kappa shape index (κ2) is 7.86. The number of primary amides is 1. The third kappa shape index (κ3) is 9.14. The van der Waals surface area contributed by atoms with Crippen LogP contribution in [0.4, 0.5) is 4.79 Å². The fraction of sp³-hybridized carbons (Fsp3) is 0.889. The molecule has 0 aliphatic carbocycles. The van der Waals surface area contributed by atoms with Gasteiger partial charge in [0.2, 0.25) is 0 Å². The van der Waals surface area contributed by atoms with E-state index in [0.717, 1.165) is 19.3 Å². The maximum absolute atomic E-state index is 10.3. The molecule has 4 N–H and O–H groups in total. The molecule has 0 radical (unpaired) electrons. The second-order valence-electron chi connectivity index (χ2n) is 3.25. The highest BCUT2D eigenvalue weighted by Crippen LogP contribution is 2.04. The minimum absolute atomic E-state index is 0.265. The number of unbranched alkanes of at least 4 members (excludes halogenated alkanes) is 3. The van der Waals surface area contributed by atoms with Crippen molar-refractivity contribution in [3.8, 4) is 0 Å². The van der Waals surface area contributed by atoms with Crippen molar-refractivity contribution >= 4 is 6.03 Å². The second-order valence-corrected chi connectivity index (χ2v) is 3.25. The van der Waals surface area contributed by atoms with Crippen LogP contribution in [0.1, 0.15) is 39.0 Å². The van der Waals surface area contributed by atoms with Gasteiger partial charge in [0.25, 0.3) is 0 Å². The summed E-state index contributed by atoms with van der Waals surface area (Å²) >= 11 is 0. The van der Waals surface area contributed by atoms with E-state index in [1.165, 1.54) is 12.8 Å². The van der Waals surface area contributed by atoms with Crippen molar-refractivity contribution in [2.75, 3.05) is 6.54 Å². The van der Waals surface area contributed by atoms with Crippen molar-refractivity contribution < 1.29 is 9.90 Å². The molecule has 2 amide bonds. The maximum Gasteiger partial charge on any atom is 0.312 e. The average Bonchev–Trinajstić information content (AvgIpc) is 2.09. The fourth-order valence-corrected chi connectivity index (χ4v) is 1.13. The van der Waals surface area contributed by atoms with Crippen molar-refractivity contribution in [1.82, 2.24) is 5.32 Å². The van der Waals surface area contributed by atoms with E-state index in [0.29, 0.717) is 0 Å². The van der Waals surface area contributed by atoms with Crippen molar-refractivity contribution in [3.63, 3.8) is 0 Å². The molecule has 0 aromatic carbocycles. The number of amides is 2. The Balaban J connectivity index is 3.19. The van der Waals surface area contributed by atoms with Crippen LogP contribution < -0.4 is 11.1 Å². The molecule has 4 nitrogen and oxygen atoms in total. The third-order valence-corrected chi connectivity index (χ3v) is 1.90. The lowest BCUT2D eigenvalue weighted by atomic mass is 10.1. The van der Waals surface area contributed by atoms with Gasteiger partial charge in [0.15, 0.2) is 0 Å². The molecule has 0 aromatic rings. The van der Waals surface area contributed by atoms with Crippen LogP contribution in [0.25, 0.3) is 0 Å². The molecule has 1 unspecified atom stereocenters. The molecule has 0 aliphatic heterocycles.